The first-order valence-electron chi connectivity index (χ1n) is 5.59. The Hall–Kier alpha value is -2.29. The molecule has 3 heteroatoms. The number of allylic oxidation sites excluding steroid dienone is 4. The fourth-order valence-electron chi connectivity index (χ4n) is 1.54. The minimum absolute atomic E-state index is 0.541. The first-order valence-corrected chi connectivity index (χ1v) is 5.59. The predicted molar refractivity (Wildman–Crippen MR) is 74.1 cm³/mol. The Balaban J connectivity index is 2.97. The predicted octanol–water partition coefficient (Wildman–Crippen LogP) is 2.91. The van der Waals surface area contributed by atoms with Crippen LogP contribution in [0.2, 0.25) is 0 Å². The van der Waals surface area contributed by atoms with Gasteiger partial charge >= 0.3 is 0 Å². The zero-order valence-corrected chi connectivity index (χ0v) is 10.6. The summed E-state index contributed by atoms with van der Waals surface area (Å²) >= 11 is 0. The molecule has 18 heavy (non-hydrogen) atoms. The summed E-state index contributed by atoms with van der Waals surface area (Å²) in [5, 5.41) is 2.48. The molecule has 0 saturated carbocycles. The van der Waals surface area contributed by atoms with Crippen LogP contribution in [0.15, 0.2) is 54.8 Å². The molecule has 0 aliphatic heterocycles. The van der Waals surface area contributed by atoms with Gasteiger partial charge in [-0.3, -0.25) is 4.79 Å². The zero-order chi connectivity index (χ0) is 13.4. The van der Waals surface area contributed by atoms with Crippen LogP contribution >= 0.6 is 0 Å². The monoisotopic (exact) mass is 243 g/mol. The average Bonchev–Trinajstić information content (AvgIpc) is 2.40. The highest BCUT2D eigenvalue weighted by Crippen LogP contribution is 2.26. The fraction of sp³-hybridized carbons (Fsp3) is 0.133. The van der Waals surface area contributed by atoms with Crippen molar-refractivity contribution in [1.82, 2.24) is 5.32 Å². The van der Waals surface area contributed by atoms with Crippen LogP contribution in [0.3, 0.4) is 0 Å². The van der Waals surface area contributed by atoms with Crippen molar-refractivity contribution in [3.8, 4) is 5.75 Å². The Labute approximate surface area is 107 Å². The van der Waals surface area contributed by atoms with Gasteiger partial charge in [-0.15, -0.1) is 0 Å². The van der Waals surface area contributed by atoms with Gasteiger partial charge < -0.3 is 10.1 Å². The first-order chi connectivity index (χ1) is 8.72. The standard InChI is InChI=1S/C15H17NO2/c1-4-13(10-9-12(2)16-11-17)14-7-5-6-8-15(14)18-3/h4-11H,2H2,1,3H3,(H,16,17)/b10-9-,13-4+. The summed E-state index contributed by atoms with van der Waals surface area (Å²) in [7, 11) is 1.64. The number of methoxy groups -OCH3 is 1. The van der Waals surface area contributed by atoms with Crippen LogP contribution in [-0.4, -0.2) is 13.5 Å². The van der Waals surface area contributed by atoms with Gasteiger partial charge in [-0.25, -0.2) is 0 Å². The second-order valence-corrected chi connectivity index (χ2v) is 3.57. The summed E-state index contributed by atoms with van der Waals surface area (Å²) in [6.07, 6.45) is 6.21. The highest BCUT2D eigenvalue weighted by atomic mass is 16.5. The second-order valence-electron chi connectivity index (χ2n) is 3.57. The van der Waals surface area contributed by atoms with Crippen molar-refractivity contribution >= 4 is 12.0 Å². The van der Waals surface area contributed by atoms with Crippen LogP contribution in [0.5, 0.6) is 5.75 Å². The third-order valence-electron chi connectivity index (χ3n) is 2.44. The molecular weight excluding hydrogens is 226 g/mol. The normalized spacial score (nSPS) is 11.3. The number of rotatable bonds is 6. The van der Waals surface area contributed by atoms with E-state index in [1.54, 1.807) is 13.2 Å². The lowest BCUT2D eigenvalue weighted by molar-refractivity contribution is -0.108. The van der Waals surface area contributed by atoms with E-state index in [4.69, 9.17) is 4.74 Å². The van der Waals surface area contributed by atoms with Gasteiger partial charge in [0.15, 0.2) is 0 Å². The van der Waals surface area contributed by atoms with E-state index in [1.807, 2.05) is 43.3 Å². The molecular formula is C15H17NO2. The second kappa shape index (κ2) is 7.12. The van der Waals surface area contributed by atoms with E-state index in [2.05, 4.69) is 11.9 Å². The summed E-state index contributed by atoms with van der Waals surface area (Å²) in [4.78, 5) is 10.3. The van der Waals surface area contributed by atoms with Gasteiger partial charge in [0, 0.05) is 11.3 Å². The van der Waals surface area contributed by atoms with Gasteiger partial charge in [-0.1, -0.05) is 36.9 Å². The number of amides is 1. The van der Waals surface area contributed by atoms with Gasteiger partial charge in [0.2, 0.25) is 6.41 Å². The van der Waals surface area contributed by atoms with E-state index in [9.17, 15) is 4.79 Å². The summed E-state index contributed by atoms with van der Waals surface area (Å²) in [6, 6.07) is 7.76. The highest BCUT2D eigenvalue weighted by molar-refractivity contribution is 5.78. The van der Waals surface area contributed by atoms with Crippen molar-refractivity contribution in [2.75, 3.05) is 7.11 Å². The van der Waals surface area contributed by atoms with Gasteiger partial charge in [-0.05, 0) is 24.6 Å². The molecule has 0 atom stereocenters. The molecule has 0 bridgehead atoms. The summed E-state index contributed by atoms with van der Waals surface area (Å²) < 4.78 is 5.31. The van der Waals surface area contributed by atoms with Crippen LogP contribution in [0.4, 0.5) is 0 Å². The molecule has 0 spiro atoms. The zero-order valence-electron chi connectivity index (χ0n) is 10.6. The molecule has 1 N–H and O–H groups in total. The maximum Gasteiger partial charge on any atom is 0.211 e. The molecule has 0 heterocycles. The maximum atomic E-state index is 10.3. The number of carbonyl (C=O) groups excluding carboxylic acids is 1. The molecule has 94 valence electrons. The summed E-state index contributed by atoms with van der Waals surface area (Å²) in [6.45, 7) is 5.65. The van der Waals surface area contributed by atoms with E-state index < -0.39 is 0 Å². The molecule has 0 saturated heterocycles. The van der Waals surface area contributed by atoms with Crippen molar-refractivity contribution in [1.29, 1.82) is 0 Å². The lowest BCUT2D eigenvalue weighted by atomic mass is 10.0. The van der Waals surface area contributed by atoms with Crippen molar-refractivity contribution < 1.29 is 9.53 Å². The number of hydrogen-bond donors (Lipinski definition) is 1. The summed E-state index contributed by atoms with van der Waals surface area (Å²) in [5.41, 5.74) is 2.54. The Bertz CT molecular complexity index is 487. The Morgan fingerprint density at radius 3 is 2.67 bits per heavy atom. The van der Waals surface area contributed by atoms with E-state index in [-0.39, 0.29) is 0 Å². The highest BCUT2D eigenvalue weighted by Gasteiger charge is 2.03. The lowest BCUT2D eigenvalue weighted by Crippen LogP contribution is -2.06. The maximum absolute atomic E-state index is 10.3. The SMILES string of the molecule is C=C(/C=C\C(=C/C)c1ccccc1OC)NC=O. The third-order valence-corrected chi connectivity index (χ3v) is 2.44. The number of hydrogen-bond acceptors (Lipinski definition) is 2. The van der Waals surface area contributed by atoms with Crippen LogP contribution in [0, 0.1) is 0 Å². The van der Waals surface area contributed by atoms with Gasteiger partial charge in [-0.2, -0.15) is 0 Å². The minimum Gasteiger partial charge on any atom is -0.496 e. The van der Waals surface area contributed by atoms with Crippen LogP contribution in [0.25, 0.3) is 5.57 Å². The van der Waals surface area contributed by atoms with Crippen molar-refractivity contribution in [3.05, 3.63) is 60.3 Å². The molecule has 0 aliphatic rings. The number of nitrogens with one attached hydrogen (secondary N) is 1. The van der Waals surface area contributed by atoms with Crippen molar-refractivity contribution in [2.45, 2.75) is 6.92 Å². The quantitative estimate of drug-likeness (QED) is 0.616. The van der Waals surface area contributed by atoms with E-state index >= 15 is 0 Å². The van der Waals surface area contributed by atoms with E-state index in [0.717, 1.165) is 16.9 Å². The van der Waals surface area contributed by atoms with E-state index in [1.165, 1.54) is 0 Å². The molecule has 1 rings (SSSR count). The molecule has 3 nitrogen and oxygen atoms in total. The summed E-state index contributed by atoms with van der Waals surface area (Å²) in [5.74, 6) is 0.809. The van der Waals surface area contributed by atoms with Crippen molar-refractivity contribution in [3.63, 3.8) is 0 Å². The van der Waals surface area contributed by atoms with Crippen molar-refractivity contribution in [2.24, 2.45) is 0 Å². The molecule has 0 aliphatic carbocycles. The lowest BCUT2D eigenvalue weighted by Gasteiger charge is -2.08. The number of ether oxygens (including phenoxy) is 1. The third kappa shape index (κ3) is 3.63. The molecule has 0 unspecified atom stereocenters. The fourth-order valence-corrected chi connectivity index (χ4v) is 1.54. The average molecular weight is 243 g/mol. The molecule has 0 fully saturated rings. The van der Waals surface area contributed by atoms with Gasteiger partial charge in [0.25, 0.3) is 0 Å². The molecule has 0 aromatic heterocycles. The molecule has 1 amide bonds. The van der Waals surface area contributed by atoms with Gasteiger partial charge in [0.1, 0.15) is 5.75 Å². The molecule has 1 aromatic carbocycles. The smallest absolute Gasteiger partial charge is 0.211 e. The number of para-hydroxylation sites is 1. The molecule has 0 radical (unpaired) electrons. The van der Waals surface area contributed by atoms with E-state index in [0.29, 0.717) is 12.1 Å². The topological polar surface area (TPSA) is 38.3 Å². The largest absolute Gasteiger partial charge is 0.496 e. The Morgan fingerprint density at radius 1 is 1.33 bits per heavy atom. The van der Waals surface area contributed by atoms with Crippen LogP contribution in [-0.2, 0) is 4.79 Å². The first kappa shape index (κ1) is 13.8. The van der Waals surface area contributed by atoms with Crippen LogP contribution < -0.4 is 10.1 Å². The number of carbonyl (C=O) groups is 1. The van der Waals surface area contributed by atoms with Gasteiger partial charge in [0.05, 0.1) is 7.11 Å². The van der Waals surface area contributed by atoms with Crippen LogP contribution in [0.1, 0.15) is 12.5 Å². The Morgan fingerprint density at radius 2 is 2.06 bits per heavy atom. The molecule has 1 aromatic rings. The Kier molecular flexibility index (Phi) is 5.45. The number of benzene rings is 1. The minimum atomic E-state index is 0.541.